The molecule has 1 aromatic heterocycles. The van der Waals surface area contributed by atoms with Gasteiger partial charge in [-0.3, -0.25) is 4.79 Å². The molecule has 0 aliphatic heterocycles. The van der Waals surface area contributed by atoms with Crippen molar-refractivity contribution in [3.63, 3.8) is 0 Å². The number of amides is 1. The fraction of sp³-hybridized carbons (Fsp3) is 0.320. The number of esters is 1. The van der Waals surface area contributed by atoms with E-state index in [1.54, 1.807) is 11.6 Å². The van der Waals surface area contributed by atoms with Crippen LogP contribution in [0.5, 0.6) is 11.5 Å². The number of halogens is 1. The maximum Gasteiger partial charge on any atom is 0.338 e. The molecule has 180 valence electrons. The fourth-order valence-corrected chi connectivity index (χ4v) is 3.59. The second-order valence-corrected chi connectivity index (χ2v) is 7.89. The first-order valence-corrected chi connectivity index (χ1v) is 11.4. The van der Waals surface area contributed by atoms with Crippen molar-refractivity contribution in [1.82, 2.24) is 9.78 Å². The number of hydrogen-bond donors (Lipinski definition) is 1. The van der Waals surface area contributed by atoms with Crippen LogP contribution < -0.4 is 14.8 Å². The second kappa shape index (κ2) is 11.6. The molecule has 0 fully saturated rings. The SMILES string of the molecule is CCCOc1c(Cl)cc(C(=O)OCC(=O)Nc2c(C)nn(-c3ccccc3)c2C)cc1OCC. The van der Waals surface area contributed by atoms with E-state index in [0.29, 0.717) is 36.1 Å². The maximum absolute atomic E-state index is 12.6. The summed E-state index contributed by atoms with van der Waals surface area (Å²) in [6.07, 6.45) is 0.796. The van der Waals surface area contributed by atoms with E-state index in [1.165, 1.54) is 12.1 Å². The Morgan fingerprint density at radius 2 is 1.82 bits per heavy atom. The summed E-state index contributed by atoms with van der Waals surface area (Å²) in [5.74, 6) is -0.458. The molecular weight excluding hydrogens is 458 g/mol. The van der Waals surface area contributed by atoms with E-state index < -0.39 is 18.5 Å². The molecule has 1 amide bonds. The van der Waals surface area contributed by atoms with Crippen LogP contribution in [0.15, 0.2) is 42.5 Å². The highest BCUT2D eigenvalue weighted by Crippen LogP contribution is 2.37. The van der Waals surface area contributed by atoms with Crippen molar-refractivity contribution in [2.45, 2.75) is 34.1 Å². The number of carbonyl (C=O) groups is 2. The zero-order chi connectivity index (χ0) is 24.7. The standard InChI is InChI=1S/C25H28ClN3O5/c1-5-12-33-24-20(26)13-18(14-21(24)32-6-2)25(31)34-15-22(30)27-23-16(3)28-29(17(23)4)19-10-8-7-9-11-19/h7-11,13-14H,5-6,12,15H2,1-4H3,(H,27,30). The Kier molecular flexibility index (Phi) is 8.54. The number of nitrogens with one attached hydrogen (secondary N) is 1. The molecule has 0 aliphatic rings. The Morgan fingerprint density at radius 3 is 2.50 bits per heavy atom. The van der Waals surface area contributed by atoms with Gasteiger partial charge in [-0.2, -0.15) is 5.10 Å². The molecule has 1 heterocycles. The van der Waals surface area contributed by atoms with E-state index in [1.807, 2.05) is 51.1 Å². The number of carbonyl (C=O) groups excluding carboxylic acids is 2. The lowest BCUT2D eigenvalue weighted by atomic mass is 10.2. The number of aryl methyl sites for hydroxylation is 1. The smallest absolute Gasteiger partial charge is 0.338 e. The average Bonchev–Trinajstić information content (AvgIpc) is 3.11. The van der Waals surface area contributed by atoms with E-state index in [0.717, 1.165) is 17.8 Å². The number of benzene rings is 2. The summed E-state index contributed by atoms with van der Waals surface area (Å²) in [5.41, 5.74) is 3.03. The van der Waals surface area contributed by atoms with Crippen molar-refractivity contribution in [3.05, 3.63) is 64.4 Å². The van der Waals surface area contributed by atoms with Crippen LogP contribution in [0.2, 0.25) is 5.02 Å². The highest BCUT2D eigenvalue weighted by Gasteiger charge is 2.20. The second-order valence-electron chi connectivity index (χ2n) is 7.48. The molecule has 2 aromatic carbocycles. The third-order valence-corrected chi connectivity index (χ3v) is 5.17. The van der Waals surface area contributed by atoms with Gasteiger partial charge in [0.2, 0.25) is 0 Å². The van der Waals surface area contributed by atoms with Crippen LogP contribution in [0.25, 0.3) is 5.69 Å². The van der Waals surface area contributed by atoms with Gasteiger partial charge in [-0.25, -0.2) is 9.48 Å². The van der Waals surface area contributed by atoms with Crippen LogP contribution in [0.4, 0.5) is 5.69 Å². The van der Waals surface area contributed by atoms with E-state index in [2.05, 4.69) is 10.4 Å². The molecule has 34 heavy (non-hydrogen) atoms. The predicted molar refractivity (Wildman–Crippen MR) is 130 cm³/mol. The van der Waals surface area contributed by atoms with E-state index in [-0.39, 0.29) is 10.6 Å². The van der Waals surface area contributed by atoms with Crippen molar-refractivity contribution in [2.24, 2.45) is 0 Å². The van der Waals surface area contributed by atoms with Gasteiger partial charge in [0.25, 0.3) is 5.91 Å². The number of rotatable bonds is 10. The molecule has 8 nitrogen and oxygen atoms in total. The fourth-order valence-electron chi connectivity index (χ4n) is 3.33. The van der Waals surface area contributed by atoms with Gasteiger partial charge in [-0.15, -0.1) is 0 Å². The summed E-state index contributed by atoms with van der Waals surface area (Å²) in [6, 6.07) is 12.5. The van der Waals surface area contributed by atoms with Crippen molar-refractivity contribution in [2.75, 3.05) is 25.1 Å². The zero-order valence-corrected chi connectivity index (χ0v) is 20.4. The number of nitrogens with zero attached hydrogens (tertiary/aromatic N) is 2. The average molecular weight is 486 g/mol. The van der Waals surface area contributed by atoms with Gasteiger partial charge >= 0.3 is 5.97 Å². The van der Waals surface area contributed by atoms with Gasteiger partial charge in [-0.1, -0.05) is 36.7 Å². The zero-order valence-electron chi connectivity index (χ0n) is 19.7. The Morgan fingerprint density at radius 1 is 1.09 bits per heavy atom. The van der Waals surface area contributed by atoms with Crippen molar-refractivity contribution in [3.8, 4) is 17.2 Å². The molecule has 3 rings (SSSR count). The van der Waals surface area contributed by atoms with E-state index >= 15 is 0 Å². The third-order valence-electron chi connectivity index (χ3n) is 4.89. The Hall–Kier alpha value is -3.52. The molecule has 0 spiro atoms. The molecular formula is C25H28ClN3O5. The Labute approximate surface area is 203 Å². The van der Waals surface area contributed by atoms with Crippen LogP contribution in [0.1, 0.15) is 42.0 Å². The normalized spacial score (nSPS) is 10.6. The Balaban J connectivity index is 1.68. The summed E-state index contributed by atoms with van der Waals surface area (Å²) < 4.78 is 18.2. The summed E-state index contributed by atoms with van der Waals surface area (Å²) in [5, 5.41) is 7.51. The van der Waals surface area contributed by atoms with E-state index in [9.17, 15) is 9.59 Å². The molecule has 9 heteroatoms. The van der Waals surface area contributed by atoms with Crippen molar-refractivity contribution < 1.29 is 23.8 Å². The molecule has 0 saturated carbocycles. The number of aromatic nitrogens is 2. The Bertz CT molecular complexity index is 1160. The topological polar surface area (TPSA) is 91.7 Å². The number of ether oxygens (including phenoxy) is 3. The van der Waals surface area contributed by atoms with E-state index in [4.69, 9.17) is 25.8 Å². The minimum atomic E-state index is -0.700. The molecule has 0 saturated heterocycles. The van der Waals surface area contributed by atoms with Gasteiger partial charge in [0, 0.05) is 0 Å². The highest BCUT2D eigenvalue weighted by atomic mass is 35.5. The number of anilines is 1. The van der Waals surface area contributed by atoms with Gasteiger partial charge < -0.3 is 19.5 Å². The van der Waals surface area contributed by atoms with Crippen LogP contribution in [0.3, 0.4) is 0 Å². The summed E-state index contributed by atoms with van der Waals surface area (Å²) >= 11 is 6.31. The lowest BCUT2D eigenvalue weighted by molar-refractivity contribution is -0.119. The van der Waals surface area contributed by atoms with Crippen molar-refractivity contribution in [1.29, 1.82) is 0 Å². The first-order chi connectivity index (χ1) is 16.3. The maximum atomic E-state index is 12.6. The highest BCUT2D eigenvalue weighted by molar-refractivity contribution is 6.32. The predicted octanol–water partition coefficient (Wildman–Crippen LogP) is 5.13. The lowest BCUT2D eigenvalue weighted by Gasteiger charge is -2.14. The summed E-state index contributed by atoms with van der Waals surface area (Å²) in [4.78, 5) is 25.1. The molecule has 0 atom stereocenters. The summed E-state index contributed by atoms with van der Waals surface area (Å²) in [7, 11) is 0. The third kappa shape index (κ3) is 5.88. The quantitative estimate of drug-likeness (QED) is 0.400. The largest absolute Gasteiger partial charge is 0.490 e. The minimum absolute atomic E-state index is 0.161. The van der Waals surface area contributed by atoms with Gasteiger partial charge in [0.05, 0.1) is 46.6 Å². The van der Waals surface area contributed by atoms with Crippen molar-refractivity contribution >= 4 is 29.2 Å². The number of para-hydroxylation sites is 1. The molecule has 1 N–H and O–H groups in total. The summed E-state index contributed by atoms with van der Waals surface area (Å²) in [6.45, 7) is 7.81. The lowest BCUT2D eigenvalue weighted by Crippen LogP contribution is -2.21. The molecule has 0 bridgehead atoms. The molecule has 0 aliphatic carbocycles. The van der Waals surface area contributed by atoms with Gasteiger partial charge in [0.1, 0.15) is 0 Å². The first-order valence-electron chi connectivity index (χ1n) is 11.0. The first kappa shape index (κ1) is 25.1. The van der Waals surface area contributed by atoms with Crippen LogP contribution in [-0.4, -0.2) is 41.5 Å². The van der Waals surface area contributed by atoms with Crippen LogP contribution in [0, 0.1) is 13.8 Å². The van der Waals surface area contributed by atoms with Crippen LogP contribution >= 0.6 is 11.6 Å². The molecule has 0 radical (unpaired) electrons. The number of hydrogen-bond acceptors (Lipinski definition) is 6. The molecule has 0 unspecified atom stereocenters. The van der Waals surface area contributed by atoms with Crippen LogP contribution in [-0.2, 0) is 9.53 Å². The molecule has 3 aromatic rings. The monoisotopic (exact) mass is 485 g/mol. The minimum Gasteiger partial charge on any atom is -0.490 e. The van der Waals surface area contributed by atoms with Gasteiger partial charge in [0.15, 0.2) is 18.1 Å². The van der Waals surface area contributed by atoms with Gasteiger partial charge in [-0.05, 0) is 51.5 Å².